The lowest BCUT2D eigenvalue weighted by atomic mass is 10.0. The van der Waals surface area contributed by atoms with Gasteiger partial charge in [0.25, 0.3) is 0 Å². The van der Waals surface area contributed by atoms with Gasteiger partial charge in [0, 0.05) is 18.1 Å². The molecule has 1 N–H and O–H groups in total. The quantitative estimate of drug-likeness (QED) is 0.884. The molecular weight excluding hydrogens is 232 g/mol. The summed E-state index contributed by atoms with van der Waals surface area (Å²) in [6, 6.07) is 7.56. The Labute approximate surface area is 106 Å². The fourth-order valence-corrected chi connectivity index (χ4v) is 2.43. The molecule has 4 nitrogen and oxygen atoms in total. The van der Waals surface area contributed by atoms with E-state index in [0.717, 1.165) is 30.9 Å². The first-order valence-electron chi connectivity index (χ1n) is 6.44. The summed E-state index contributed by atoms with van der Waals surface area (Å²) >= 11 is 0. The molecule has 0 saturated carbocycles. The SMILES string of the molecule is OC1c2ccccc2OCC1OCC1CCOC1. The molecule has 2 heterocycles. The van der Waals surface area contributed by atoms with Crippen molar-refractivity contribution in [1.29, 1.82) is 0 Å². The maximum Gasteiger partial charge on any atom is 0.125 e. The second-order valence-electron chi connectivity index (χ2n) is 4.90. The zero-order chi connectivity index (χ0) is 12.4. The van der Waals surface area contributed by atoms with Crippen molar-refractivity contribution in [3.63, 3.8) is 0 Å². The van der Waals surface area contributed by atoms with Gasteiger partial charge in [-0.25, -0.2) is 0 Å². The minimum absolute atomic E-state index is 0.277. The van der Waals surface area contributed by atoms with Crippen LogP contribution < -0.4 is 4.74 Å². The van der Waals surface area contributed by atoms with Crippen LogP contribution in [0, 0.1) is 5.92 Å². The van der Waals surface area contributed by atoms with Gasteiger partial charge in [0.05, 0.1) is 13.2 Å². The summed E-state index contributed by atoms with van der Waals surface area (Å²) in [6.07, 6.45) is 0.165. The predicted octanol–water partition coefficient (Wildman–Crippen LogP) is 1.53. The zero-order valence-corrected chi connectivity index (χ0v) is 10.2. The predicted molar refractivity (Wildman–Crippen MR) is 65.6 cm³/mol. The van der Waals surface area contributed by atoms with E-state index >= 15 is 0 Å². The number of benzene rings is 1. The second-order valence-corrected chi connectivity index (χ2v) is 4.90. The molecule has 0 spiro atoms. The molecule has 1 aromatic carbocycles. The van der Waals surface area contributed by atoms with Crippen LogP contribution in [-0.2, 0) is 9.47 Å². The van der Waals surface area contributed by atoms with Gasteiger partial charge in [-0.15, -0.1) is 0 Å². The van der Waals surface area contributed by atoms with Gasteiger partial charge in [0.1, 0.15) is 24.6 Å². The van der Waals surface area contributed by atoms with Gasteiger partial charge in [-0.05, 0) is 12.5 Å². The topological polar surface area (TPSA) is 47.9 Å². The largest absolute Gasteiger partial charge is 0.490 e. The van der Waals surface area contributed by atoms with Crippen LogP contribution in [0.5, 0.6) is 5.75 Å². The normalized spacial score (nSPS) is 30.8. The Morgan fingerprint density at radius 3 is 3.00 bits per heavy atom. The standard InChI is InChI=1S/C14H18O4/c15-14-11-3-1-2-4-12(11)18-9-13(14)17-8-10-5-6-16-7-10/h1-4,10,13-15H,5-9H2. The molecule has 0 bridgehead atoms. The molecular formula is C14H18O4. The van der Waals surface area contributed by atoms with Crippen LogP contribution in [0.15, 0.2) is 24.3 Å². The van der Waals surface area contributed by atoms with Crippen LogP contribution in [0.1, 0.15) is 18.1 Å². The molecule has 0 radical (unpaired) electrons. The van der Waals surface area contributed by atoms with E-state index in [1.165, 1.54) is 0 Å². The number of aliphatic hydroxyl groups is 1. The molecule has 2 aliphatic heterocycles. The van der Waals surface area contributed by atoms with Crippen LogP contribution >= 0.6 is 0 Å². The van der Waals surface area contributed by atoms with E-state index in [0.29, 0.717) is 19.1 Å². The number of hydrogen-bond donors (Lipinski definition) is 1. The number of aliphatic hydroxyl groups excluding tert-OH is 1. The van der Waals surface area contributed by atoms with E-state index in [-0.39, 0.29) is 6.10 Å². The molecule has 4 heteroatoms. The van der Waals surface area contributed by atoms with Crippen molar-refractivity contribution in [2.24, 2.45) is 5.92 Å². The molecule has 2 aliphatic rings. The van der Waals surface area contributed by atoms with E-state index in [4.69, 9.17) is 14.2 Å². The summed E-state index contributed by atoms with van der Waals surface area (Å²) in [6.45, 7) is 2.62. The van der Waals surface area contributed by atoms with Crippen molar-refractivity contribution < 1.29 is 19.3 Å². The molecule has 0 aromatic heterocycles. The molecule has 0 amide bonds. The Kier molecular flexibility index (Phi) is 3.50. The van der Waals surface area contributed by atoms with Crippen LogP contribution in [0.25, 0.3) is 0 Å². The Hall–Kier alpha value is -1.10. The first-order valence-corrected chi connectivity index (χ1v) is 6.44. The van der Waals surface area contributed by atoms with Gasteiger partial charge in [0.15, 0.2) is 0 Å². The summed E-state index contributed by atoms with van der Waals surface area (Å²) in [7, 11) is 0. The summed E-state index contributed by atoms with van der Waals surface area (Å²) in [5.41, 5.74) is 0.816. The third kappa shape index (κ3) is 2.36. The molecule has 3 rings (SSSR count). The van der Waals surface area contributed by atoms with Crippen LogP contribution in [0.3, 0.4) is 0 Å². The molecule has 3 unspecified atom stereocenters. The first-order chi connectivity index (χ1) is 8.84. The Bertz CT molecular complexity index is 401. The van der Waals surface area contributed by atoms with E-state index in [1.54, 1.807) is 0 Å². The van der Waals surface area contributed by atoms with Crippen molar-refractivity contribution in [3.8, 4) is 5.75 Å². The van der Waals surface area contributed by atoms with Crippen molar-refractivity contribution in [3.05, 3.63) is 29.8 Å². The lowest BCUT2D eigenvalue weighted by Crippen LogP contribution is -2.34. The highest BCUT2D eigenvalue weighted by Gasteiger charge is 2.30. The first kappa shape index (κ1) is 12.0. The van der Waals surface area contributed by atoms with Crippen molar-refractivity contribution >= 4 is 0 Å². The highest BCUT2D eigenvalue weighted by molar-refractivity contribution is 5.37. The molecule has 1 fully saturated rings. The zero-order valence-electron chi connectivity index (χ0n) is 10.2. The number of hydrogen-bond acceptors (Lipinski definition) is 4. The molecule has 3 atom stereocenters. The minimum Gasteiger partial charge on any atom is -0.490 e. The Morgan fingerprint density at radius 1 is 1.28 bits per heavy atom. The summed E-state index contributed by atoms with van der Waals surface area (Å²) in [4.78, 5) is 0. The van der Waals surface area contributed by atoms with E-state index in [9.17, 15) is 5.11 Å². The molecule has 18 heavy (non-hydrogen) atoms. The van der Waals surface area contributed by atoms with Crippen LogP contribution in [0.4, 0.5) is 0 Å². The lowest BCUT2D eigenvalue weighted by molar-refractivity contribution is -0.0817. The second kappa shape index (κ2) is 5.26. The minimum atomic E-state index is -0.600. The lowest BCUT2D eigenvalue weighted by Gasteiger charge is -2.30. The third-order valence-electron chi connectivity index (χ3n) is 3.56. The smallest absolute Gasteiger partial charge is 0.125 e. The molecule has 98 valence electrons. The molecule has 1 saturated heterocycles. The number of rotatable bonds is 3. The van der Waals surface area contributed by atoms with Gasteiger partial charge >= 0.3 is 0 Å². The summed E-state index contributed by atoms with van der Waals surface area (Å²) in [5.74, 6) is 1.21. The number of para-hydroxylation sites is 1. The molecule has 1 aromatic rings. The fourth-order valence-electron chi connectivity index (χ4n) is 2.43. The van der Waals surface area contributed by atoms with E-state index in [2.05, 4.69) is 0 Å². The number of ether oxygens (including phenoxy) is 3. The van der Waals surface area contributed by atoms with Crippen molar-refractivity contribution in [1.82, 2.24) is 0 Å². The maximum atomic E-state index is 10.3. The molecule has 0 aliphatic carbocycles. The van der Waals surface area contributed by atoms with Crippen LogP contribution in [-0.4, -0.2) is 37.6 Å². The highest BCUT2D eigenvalue weighted by Crippen LogP contribution is 2.33. The van der Waals surface area contributed by atoms with Crippen molar-refractivity contribution in [2.45, 2.75) is 18.6 Å². The monoisotopic (exact) mass is 250 g/mol. The summed E-state index contributed by atoms with van der Waals surface area (Å²) < 4.78 is 16.7. The maximum absolute atomic E-state index is 10.3. The van der Waals surface area contributed by atoms with E-state index < -0.39 is 6.10 Å². The van der Waals surface area contributed by atoms with E-state index in [1.807, 2.05) is 24.3 Å². The number of fused-ring (bicyclic) bond motifs is 1. The van der Waals surface area contributed by atoms with Gasteiger partial charge in [-0.2, -0.15) is 0 Å². The Morgan fingerprint density at radius 2 is 2.17 bits per heavy atom. The fraction of sp³-hybridized carbons (Fsp3) is 0.571. The highest BCUT2D eigenvalue weighted by atomic mass is 16.5. The third-order valence-corrected chi connectivity index (χ3v) is 3.56. The van der Waals surface area contributed by atoms with Gasteiger partial charge < -0.3 is 19.3 Å². The average molecular weight is 250 g/mol. The average Bonchev–Trinajstić information content (AvgIpc) is 2.91. The Balaban J connectivity index is 1.61. The van der Waals surface area contributed by atoms with Crippen molar-refractivity contribution in [2.75, 3.05) is 26.4 Å². The van der Waals surface area contributed by atoms with Gasteiger partial charge in [0.2, 0.25) is 0 Å². The van der Waals surface area contributed by atoms with Gasteiger partial charge in [-0.3, -0.25) is 0 Å². The van der Waals surface area contributed by atoms with Crippen LogP contribution in [0.2, 0.25) is 0 Å². The van der Waals surface area contributed by atoms with Gasteiger partial charge in [-0.1, -0.05) is 18.2 Å². The summed E-state index contributed by atoms with van der Waals surface area (Å²) in [5, 5.41) is 10.3.